The molecule has 7 nitrogen and oxygen atoms in total. The number of benzene rings is 3. The molecule has 0 spiro atoms. The Balaban J connectivity index is 1.78. The van der Waals surface area contributed by atoms with E-state index in [0.29, 0.717) is 12.6 Å². The van der Waals surface area contributed by atoms with Crippen LogP contribution in [0.15, 0.2) is 71.6 Å². The molecule has 0 aliphatic heterocycles. The van der Waals surface area contributed by atoms with Crippen molar-refractivity contribution in [2.75, 3.05) is 6.54 Å². The van der Waals surface area contributed by atoms with Crippen molar-refractivity contribution in [1.29, 1.82) is 0 Å². The van der Waals surface area contributed by atoms with Crippen LogP contribution in [0.2, 0.25) is 0 Å². The minimum Gasteiger partial charge on any atom is -0.478 e. The van der Waals surface area contributed by atoms with Crippen molar-refractivity contribution in [2.45, 2.75) is 43.4 Å². The molecule has 0 aliphatic rings. The summed E-state index contributed by atoms with van der Waals surface area (Å²) in [5.74, 6) is -2.84. The van der Waals surface area contributed by atoms with Gasteiger partial charge in [0.2, 0.25) is 10.0 Å². The van der Waals surface area contributed by atoms with Gasteiger partial charge in [0.25, 0.3) is 0 Å². The molecule has 4 N–H and O–H groups in total. The van der Waals surface area contributed by atoms with E-state index in [9.17, 15) is 27.1 Å². The molecule has 3 aromatic carbocycles. The molecular weight excluding hydrogens is 490 g/mol. The lowest BCUT2D eigenvalue weighted by Crippen LogP contribution is -2.48. The third-order valence-corrected chi connectivity index (χ3v) is 7.15. The predicted octanol–water partition coefficient (Wildman–Crippen LogP) is 3.27. The Kier molecular flexibility index (Phi) is 9.27. The Morgan fingerprint density at radius 2 is 1.58 bits per heavy atom. The summed E-state index contributed by atoms with van der Waals surface area (Å²) < 4.78 is 55.8. The third kappa shape index (κ3) is 7.66. The van der Waals surface area contributed by atoms with E-state index in [1.54, 1.807) is 0 Å². The fourth-order valence-electron chi connectivity index (χ4n) is 3.75. The number of hydrogen-bond acceptors (Lipinski definition) is 5. The van der Waals surface area contributed by atoms with Gasteiger partial charge in [-0.2, -0.15) is 0 Å². The van der Waals surface area contributed by atoms with Crippen molar-refractivity contribution in [1.82, 2.24) is 10.0 Å². The summed E-state index contributed by atoms with van der Waals surface area (Å²) in [4.78, 5) is 10.9. The number of aryl methyl sites for hydroxylation is 1. The molecule has 0 heterocycles. The molecule has 2 atom stereocenters. The lowest BCUT2D eigenvalue weighted by atomic mass is 10.0. The zero-order valence-electron chi connectivity index (χ0n) is 19.6. The smallest absolute Gasteiger partial charge is 0.335 e. The maximum Gasteiger partial charge on any atom is 0.335 e. The molecule has 10 heteroatoms. The second-order valence-corrected chi connectivity index (χ2v) is 10.1. The summed E-state index contributed by atoms with van der Waals surface area (Å²) in [5, 5.41) is 23.0. The first-order valence-corrected chi connectivity index (χ1v) is 12.8. The lowest BCUT2D eigenvalue weighted by Gasteiger charge is -2.25. The van der Waals surface area contributed by atoms with Crippen LogP contribution < -0.4 is 10.0 Å². The number of aliphatic hydroxyl groups is 1. The van der Waals surface area contributed by atoms with E-state index in [2.05, 4.69) is 10.0 Å². The quantitative estimate of drug-likeness (QED) is 0.293. The van der Waals surface area contributed by atoms with Gasteiger partial charge in [0, 0.05) is 19.2 Å². The van der Waals surface area contributed by atoms with Gasteiger partial charge >= 0.3 is 5.97 Å². The zero-order valence-corrected chi connectivity index (χ0v) is 20.4. The number of carboxylic acid groups (broad SMARTS) is 1. The highest BCUT2D eigenvalue weighted by Gasteiger charge is 2.27. The average Bonchev–Trinajstić information content (AvgIpc) is 2.83. The van der Waals surface area contributed by atoms with Crippen molar-refractivity contribution in [2.24, 2.45) is 0 Å². The van der Waals surface area contributed by atoms with Crippen LogP contribution >= 0.6 is 0 Å². The van der Waals surface area contributed by atoms with E-state index in [1.165, 1.54) is 0 Å². The number of rotatable bonds is 12. The summed E-state index contributed by atoms with van der Waals surface area (Å²) in [6, 6.07) is 14.2. The minimum atomic E-state index is -4.19. The molecule has 0 aliphatic carbocycles. The molecule has 3 rings (SSSR count). The van der Waals surface area contributed by atoms with Gasteiger partial charge in [-0.3, -0.25) is 0 Å². The first-order valence-electron chi connectivity index (χ1n) is 11.3. The van der Waals surface area contributed by atoms with E-state index >= 15 is 0 Å². The summed E-state index contributed by atoms with van der Waals surface area (Å²) >= 11 is 0. The minimum absolute atomic E-state index is 0.000705. The molecule has 0 saturated carbocycles. The first kappa shape index (κ1) is 27.4. The van der Waals surface area contributed by atoms with Crippen LogP contribution in [-0.4, -0.2) is 43.3 Å². The third-order valence-electron chi connectivity index (χ3n) is 5.64. The molecule has 0 saturated heterocycles. The largest absolute Gasteiger partial charge is 0.478 e. The maximum absolute atomic E-state index is 13.7. The number of aliphatic hydroxyl groups excluding tert-OH is 1. The van der Waals surface area contributed by atoms with Crippen LogP contribution in [0.4, 0.5) is 8.78 Å². The Morgan fingerprint density at radius 1 is 0.944 bits per heavy atom. The number of carboxylic acids is 1. The highest BCUT2D eigenvalue weighted by molar-refractivity contribution is 7.89. The molecule has 0 fully saturated rings. The van der Waals surface area contributed by atoms with Crippen molar-refractivity contribution in [3.8, 4) is 0 Å². The van der Waals surface area contributed by atoms with Gasteiger partial charge in [-0.15, -0.1) is 0 Å². The van der Waals surface area contributed by atoms with Crippen molar-refractivity contribution < 1.29 is 32.2 Å². The topological polar surface area (TPSA) is 116 Å². The SMILES string of the molecule is CCc1cccc(CNC[C@H](O)[C@@H](Cc2cc(F)cc(F)c2)NS(=O)(=O)c2ccc(C(=O)O)cc2)c1. The summed E-state index contributed by atoms with van der Waals surface area (Å²) in [7, 11) is -4.19. The van der Waals surface area contributed by atoms with Crippen LogP contribution in [0.25, 0.3) is 0 Å². The molecule has 0 radical (unpaired) electrons. The second kappa shape index (κ2) is 12.2. The normalized spacial score (nSPS) is 13.3. The predicted molar refractivity (Wildman–Crippen MR) is 131 cm³/mol. The van der Waals surface area contributed by atoms with Crippen LogP contribution in [0.1, 0.15) is 34.0 Å². The fraction of sp³-hybridized carbons (Fsp3) is 0.269. The molecule has 0 aromatic heterocycles. The molecule has 3 aromatic rings. The van der Waals surface area contributed by atoms with Gasteiger partial charge in [0.05, 0.1) is 22.6 Å². The van der Waals surface area contributed by atoms with Crippen LogP contribution in [0, 0.1) is 11.6 Å². The van der Waals surface area contributed by atoms with Crippen LogP contribution in [0.3, 0.4) is 0 Å². The summed E-state index contributed by atoms with van der Waals surface area (Å²) in [6.07, 6.45) is -0.563. The van der Waals surface area contributed by atoms with E-state index in [-0.39, 0.29) is 29.0 Å². The standard InChI is InChI=1S/C26H28F2N2O5S/c1-2-17-4-3-5-18(10-17)15-29-16-25(31)24(13-19-11-21(27)14-22(28)12-19)30-36(34,35)23-8-6-20(7-9-23)26(32)33/h3-12,14,24-25,29-31H,2,13,15-16H2,1H3,(H,32,33)/t24-,25+/m1/s1. The number of sulfonamides is 1. The number of hydrogen-bond donors (Lipinski definition) is 4. The first-order chi connectivity index (χ1) is 17.1. The van der Waals surface area contributed by atoms with Crippen molar-refractivity contribution >= 4 is 16.0 Å². The zero-order chi connectivity index (χ0) is 26.3. The Hall–Kier alpha value is -3.18. The molecule has 0 amide bonds. The van der Waals surface area contributed by atoms with Crippen molar-refractivity contribution in [3.05, 3.63) is 101 Å². The Bertz CT molecular complexity index is 1280. The van der Waals surface area contributed by atoms with Crippen LogP contribution in [0.5, 0.6) is 0 Å². The molecule has 192 valence electrons. The van der Waals surface area contributed by atoms with Crippen molar-refractivity contribution in [3.63, 3.8) is 0 Å². The fourth-order valence-corrected chi connectivity index (χ4v) is 5.02. The van der Waals surface area contributed by atoms with E-state index in [1.807, 2.05) is 31.2 Å². The second-order valence-electron chi connectivity index (χ2n) is 8.41. The monoisotopic (exact) mass is 518 g/mol. The highest BCUT2D eigenvalue weighted by Crippen LogP contribution is 2.16. The van der Waals surface area contributed by atoms with Gasteiger partial charge in [-0.05, 0) is 65.9 Å². The van der Waals surface area contributed by atoms with Gasteiger partial charge in [0.15, 0.2) is 0 Å². The van der Waals surface area contributed by atoms with E-state index < -0.39 is 39.8 Å². The van der Waals surface area contributed by atoms with E-state index in [4.69, 9.17) is 5.11 Å². The average molecular weight is 519 g/mol. The number of aromatic carboxylic acids is 1. The van der Waals surface area contributed by atoms with E-state index in [0.717, 1.165) is 53.9 Å². The Morgan fingerprint density at radius 3 is 2.19 bits per heavy atom. The van der Waals surface area contributed by atoms with Gasteiger partial charge < -0.3 is 15.5 Å². The van der Waals surface area contributed by atoms with Gasteiger partial charge in [-0.25, -0.2) is 26.7 Å². The van der Waals surface area contributed by atoms with Gasteiger partial charge in [0.1, 0.15) is 11.6 Å². The Labute approximate surface area is 208 Å². The molecular formula is C26H28F2N2O5S. The highest BCUT2D eigenvalue weighted by atomic mass is 32.2. The molecule has 0 bridgehead atoms. The lowest BCUT2D eigenvalue weighted by molar-refractivity contribution is 0.0696. The van der Waals surface area contributed by atoms with Gasteiger partial charge in [-0.1, -0.05) is 31.2 Å². The maximum atomic E-state index is 13.7. The summed E-state index contributed by atoms with van der Waals surface area (Å²) in [5.41, 5.74) is 2.22. The molecule has 36 heavy (non-hydrogen) atoms. The number of nitrogens with one attached hydrogen (secondary N) is 2. The molecule has 0 unspecified atom stereocenters. The summed E-state index contributed by atoms with van der Waals surface area (Å²) in [6.45, 7) is 2.46. The number of carbonyl (C=O) groups is 1. The van der Waals surface area contributed by atoms with Crippen LogP contribution in [-0.2, 0) is 29.4 Å². The number of halogens is 2.